The Hall–Kier alpha value is -2.99. The van der Waals surface area contributed by atoms with E-state index < -0.39 is 7.49 Å². The van der Waals surface area contributed by atoms with E-state index >= 15 is 0 Å². The Kier molecular flexibility index (Phi) is 4.66. The summed E-state index contributed by atoms with van der Waals surface area (Å²) in [6, 6.07) is 36.6. The van der Waals surface area contributed by atoms with Crippen LogP contribution in [0.15, 0.2) is 103 Å². The van der Waals surface area contributed by atoms with Gasteiger partial charge in [-0.15, -0.1) is 0 Å². The zero-order valence-electron chi connectivity index (χ0n) is 17.3. The van der Waals surface area contributed by atoms with Crippen LogP contribution in [-0.4, -0.2) is 18.2 Å². The monoisotopic (exact) mass is 408 g/mol. The molecule has 0 radical (unpaired) electrons. The quantitative estimate of drug-likeness (QED) is 0.255. The molecule has 1 nitrogen and oxygen atoms in total. The molecule has 0 spiro atoms. The van der Waals surface area contributed by atoms with Gasteiger partial charge in [-0.2, -0.15) is 0 Å². The van der Waals surface area contributed by atoms with Gasteiger partial charge in [0, 0.05) is 0 Å². The molecule has 0 saturated carbocycles. The van der Waals surface area contributed by atoms with Crippen molar-refractivity contribution in [2.75, 3.05) is 13.3 Å². The first-order chi connectivity index (χ1) is 14.5. The van der Waals surface area contributed by atoms with Gasteiger partial charge in [0.05, 0.1) is 0 Å². The molecular weight excluding hydrogens is 383 g/mol. The molecule has 5 aromatic carbocycles. The molecule has 5 aromatic rings. The van der Waals surface area contributed by atoms with Crippen molar-refractivity contribution in [2.24, 2.45) is 0 Å². The van der Waals surface area contributed by atoms with Gasteiger partial charge in [-0.25, -0.2) is 0 Å². The maximum absolute atomic E-state index is 10.5. The fourth-order valence-corrected chi connectivity index (χ4v) is 5.38. The summed E-state index contributed by atoms with van der Waals surface area (Å²) in [5.41, 5.74) is 4.96. The minimum absolute atomic E-state index is 1.06. The van der Waals surface area contributed by atoms with E-state index in [2.05, 4.69) is 103 Å². The first-order valence-electron chi connectivity index (χ1n) is 10.4. The maximum atomic E-state index is 10.5. The van der Waals surface area contributed by atoms with Crippen molar-refractivity contribution in [3.8, 4) is 22.3 Å². The summed E-state index contributed by atoms with van der Waals surface area (Å²) < 4.78 is 0. The van der Waals surface area contributed by atoms with Gasteiger partial charge in [-0.3, -0.25) is 0 Å². The van der Waals surface area contributed by atoms with Gasteiger partial charge in [0.15, 0.2) is 0 Å². The van der Waals surface area contributed by atoms with Gasteiger partial charge in [0.1, 0.15) is 0 Å². The summed E-state index contributed by atoms with van der Waals surface area (Å²) in [5, 5.41) is 6.09. The third-order valence-corrected chi connectivity index (χ3v) is 7.62. The van der Waals surface area contributed by atoms with Crippen molar-refractivity contribution < 1.29 is 4.89 Å². The molecule has 30 heavy (non-hydrogen) atoms. The van der Waals surface area contributed by atoms with Gasteiger partial charge in [0.25, 0.3) is 0 Å². The summed E-state index contributed by atoms with van der Waals surface area (Å²) in [4.78, 5) is 10.5. The molecule has 0 atom stereocenters. The molecule has 0 bridgehead atoms. The molecule has 0 saturated heterocycles. The summed E-state index contributed by atoms with van der Waals surface area (Å²) in [7, 11) is -2.32. The Morgan fingerprint density at radius 1 is 0.467 bits per heavy atom. The standard InChI is InChI=1S/C28H25OP/c1-30(2,29)22-18-16-21(17-19-22)28-25-14-8-6-12-23(25)27(20-10-4-3-5-11-20)24-13-7-9-15-26(24)28/h3-19,29-30H,1-2H3. The molecule has 148 valence electrons. The molecule has 0 aliphatic carbocycles. The summed E-state index contributed by atoms with van der Waals surface area (Å²) in [6.45, 7) is 3.92. The topological polar surface area (TPSA) is 20.2 Å². The van der Waals surface area contributed by atoms with Crippen LogP contribution in [0.25, 0.3) is 43.8 Å². The van der Waals surface area contributed by atoms with Crippen LogP contribution in [0.4, 0.5) is 0 Å². The third kappa shape index (κ3) is 3.21. The second kappa shape index (κ2) is 7.36. The zero-order valence-corrected chi connectivity index (χ0v) is 18.3. The minimum atomic E-state index is -2.32. The van der Waals surface area contributed by atoms with Crippen LogP contribution in [0.2, 0.25) is 0 Å². The van der Waals surface area contributed by atoms with E-state index in [4.69, 9.17) is 0 Å². The molecule has 0 aromatic heterocycles. The Balaban J connectivity index is 1.88. The predicted octanol–water partition coefficient (Wildman–Crippen LogP) is 6.87. The van der Waals surface area contributed by atoms with Crippen LogP contribution in [0.1, 0.15) is 0 Å². The van der Waals surface area contributed by atoms with E-state index in [1.165, 1.54) is 43.8 Å². The van der Waals surface area contributed by atoms with E-state index in [1.807, 2.05) is 13.3 Å². The van der Waals surface area contributed by atoms with Crippen molar-refractivity contribution in [2.45, 2.75) is 0 Å². The van der Waals surface area contributed by atoms with Crippen molar-refractivity contribution in [1.29, 1.82) is 0 Å². The molecule has 0 fully saturated rings. The van der Waals surface area contributed by atoms with Crippen LogP contribution in [0.3, 0.4) is 0 Å². The van der Waals surface area contributed by atoms with Gasteiger partial charge >= 0.3 is 178 Å². The average Bonchev–Trinajstić information content (AvgIpc) is 2.77. The molecule has 0 heterocycles. The van der Waals surface area contributed by atoms with Crippen LogP contribution in [-0.2, 0) is 0 Å². The van der Waals surface area contributed by atoms with Gasteiger partial charge < -0.3 is 0 Å². The fraction of sp³-hybridized carbons (Fsp3) is 0.0714. The summed E-state index contributed by atoms with van der Waals surface area (Å²) in [5.74, 6) is 0. The van der Waals surface area contributed by atoms with E-state index in [0.717, 1.165) is 5.30 Å². The van der Waals surface area contributed by atoms with Crippen LogP contribution in [0, 0.1) is 0 Å². The van der Waals surface area contributed by atoms with E-state index in [0.29, 0.717) is 0 Å². The second-order valence-electron chi connectivity index (χ2n) is 8.34. The second-order valence-corrected chi connectivity index (χ2v) is 12.0. The van der Waals surface area contributed by atoms with Gasteiger partial charge in [0.2, 0.25) is 0 Å². The summed E-state index contributed by atoms with van der Waals surface area (Å²) in [6.07, 6.45) is 0. The van der Waals surface area contributed by atoms with Crippen molar-refractivity contribution in [3.63, 3.8) is 0 Å². The molecule has 0 aliphatic rings. The number of hydrogen-bond acceptors (Lipinski definition) is 1. The Morgan fingerprint density at radius 3 is 1.23 bits per heavy atom. The van der Waals surface area contributed by atoms with Gasteiger partial charge in [-0.05, 0) is 0 Å². The first-order valence-corrected chi connectivity index (χ1v) is 13.3. The molecule has 1 N–H and O–H groups in total. The van der Waals surface area contributed by atoms with E-state index in [-0.39, 0.29) is 0 Å². The number of rotatable bonds is 3. The van der Waals surface area contributed by atoms with E-state index in [9.17, 15) is 4.89 Å². The average molecular weight is 408 g/mol. The Bertz CT molecular complexity index is 1290. The molecule has 5 rings (SSSR count). The number of hydrogen-bond donors (Lipinski definition) is 1. The predicted molar refractivity (Wildman–Crippen MR) is 134 cm³/mol. The fourth-order valence-electron chi connectivity index (χ4n) is 4.40. The third-order valence-electron chi connectivity index (χ3n) is 5.87. The van der Waals surface area contributed by atoms with Crippen LogP contribution >= 0.6 is 7.49 Å². The number of fused-ring (bicyclic) bond motifs is 2. The molecule has 2 heteroatoms. The molecular formula is C28H25OP. The summed E-state index contributed by atoms with van der Waals surface area (Å²) >= 11 is 0. The van der Waals surface area contributed by atoms with Crippen LogP contribution in [0.5, 0.6) is 0 Å². The first kappa shape index (κ1) is 19.0. The van der Waals surface area contributed by atoms with E-state index in [1.54, 1.807) is 0 Å². The normalized spacial score (nSPS) is 12.4. The SMILES string of the molecule is C[PH](C)(O)c1ccc(-c2c3ccccc3c(-c3ccccc3)c3ccccc23)cc1. The van der Waals surface area contributed by atoms with Crippen molar-refractivity contribution in [1.82, 2.24) is 0 Å². The van der Waals surface area contributed by atoms with Crippen molar-refractivity contribution in [3.05, 3.63) is 103 Å². The zero-order chi connectivity index (χ0) is 20.7. The molecule has 0 aliphatic heterocycles. The Labute approximate surface area is 178 Å². The van der Waals surface area contributed by atoms with Gasteiger partial charge in [-0.1, -0.05) is 0 Å². The molecule has 0 amide bonds. The van der Waals surface area contributed by atoms with Crippen LogP contribution < -0.4 is 5.30 Å². The molecule has 0 unspecified atom stereocenters. The number of benzene rings is 5. The Morgan fingerprint density at radius 2 is 0.833 bits per heavy atom. The van der Waals surface area contributed by atoms with Crippen molar-refractivity contribution >= 4 is 34.3 Å².